The highest BCUT2D eigenvalue weighted by molar-refractivity contribution is 7.60. The Morgan fingerprint density at radius 2 is 2.10 bits per heavy atom. The van der Waals surface area contributed by atoms with Crippen LogP contribution in [0.5, 0.6) is 11.5 Å². The van der Waals surface area contributed by atoms with E-state index < -0.39 is 24.4 Å². The van der Waals surface area contributed by atoms with Crippen LogP contribution in [0.1, 0.15) is 5.56 Å². The fourth-order valence-corrected chi connectivity index (χ4v) is 4.46. The van der Waals surface area contributed by atoms with E-state index in [1.807, 2.05) is 0 Å². The molecule has 1 aliphatic rings. The molecule has 1 aliphatic heterocycles. The average Bonchev–Trinajstić information content (AvgIpc) is 3.28. The zero-order valence-electron chi connectivity index (χ0n) is 14.9. The summed E-state index contributed by atoms with van der Waals surface area (Å²) in [4.78, 5) is 38.1. The van der Waals surface area contributed by atoms with Crippen LogP contribution in [-0.4, -0.2) is 31.1 Å². The summed E-state index contributed by atoms with van der Waals surface area (Å²) in [6.07, 6.45) is 1.48. The molecular weight excluding hydrogens is 440 g/mol. The van der Waals surface area contributed by atoms with Gasteiger partial charge in [-0.2, -0.15) is 0 Å². The molecule has 0 spiro atoms. The number of halogens is 2. The van der Waals surface area contributed by atoms with Gasteiger partial charge in [0.2, 0.25) is 6.79 Å². The van der Waals surface area contributed by atoms with Crippen molar-refractivity contribution >= 4 is 46.4 Å². The SMILES string of the molecule is O=c1[nH]c2cnc3c4c(ccc3c2n1Cc1cc(F)c(P(=O)(O)O)cc1Cl)OCO4. The number of nitrogens with one attached hydrogen (secondary N) is 1. The molecule has 5 rings (SSSR count). The van der Waals surface area contributed by atoms with Gasteiger partial charge >= 0.3 is 13.3 Å². The van der Waals surface area contributed by atoms with E-state index in [0.29, 0.717) is 33.4 Å². The van der Waals surface area contributed by atoms with Crippen LogP contribution in [0.3, 0.4) is 0 Å². The van der Waals surface area contributed by atoms with Crippen molar-refractivity contribution in [3.05, 3.63) is 57.3 Å². The van der Waals surface area contributed by atoms with E-state index in [-0.39, 0.29) is 23.9 Å². The summed E-state index contributed by atoms with van der Waals surface area (Å²) in [5.74, 6) is -0.105. The molecule has 0 bridgehead atoms. The van der Waals surface area contributed by atoms with Crippen molar-refractivity contribution in [2.45, 2.75) is 6.54 Å². The summed E-state index contributed by atoms with van der Waals surface area (Å²) in [6, 6.07) is 5.24. The molecule has 0 saturated carbocycles. The summed E-state index contributed by atoms with van der Waals surface area (Å²) >= 11 is 6.14. The lowest BCUT2D eigenvalue weighted by Gasteiger charge is -2.11. The van der Waals surface area contributed by atoms with Crippen LogP contribution in [0, 0.1) is 5.82 Å². The van der Waals surface area contributed by atoms with Gasteiger partial charge < -0.3 is 24.2 Å². The van der Waals surface area contributed by atoms with Gasteiger partial charge in [0.1, 0.15) is 16.6 Å². The van der Waals surface area contributed by atoms with Gasteiger partial charge in [0, 0.05) is 10.4 Å². The Labute approximate surface area is 171 Å². The molecule has 2 aromatic heterocycles. The number of ether oxygens (including phenoxy) is 2. The lowest BCUT2D eigenvalue weighted by Crippen LogP contribution is -2.19. The van der Waals surface area contributed by atoms with Gasteiger partial charge in [0.05, 0.1) is 23.8 Å². The molecule has 0 saturated heterocycles. The van der Waals surface area contributed by atoms with Crippen LogP contribution in [-0.2, 0) is 11.1 Å². The number of rotatable bonds is 3. The molecule has 3 N–H and O–H groups in total. The summed E-state index contributed by atoms with van der Waals surface area (Å²) in [7, 11) is -4.83. The van der Waals surface area contributed by atoms with Crippen molar-refractivity contribution in [3.8, 4) is 11.5 Å². The minimum absolute atomic E-state index is 0.0644. The zero-order chi connectivity index (χ0) is 21.2. The number of fused-ring (bicyclic) bond motifs is 5. The van der Waals surface area contributed by atoms with Crippen molar-refractivity contribution in [2.75, 3.05) is 6.79 Å². The summed E-state index contributed by atoms with van der Waals surface area (Å²) in [5, 5.41) is -0.268. The number of H-pyrrole nitrogens is 1. The predicted molar refractivity (Wildman–Crippen MR) is 106 cm³/mol. The van der Waals surface area contributed by atoms with Crippen LogP contribution in [0.15, 0.2) is 35.3 Å². The maximum atomic E-state index is 14.3. The van der Waals surface area contributed by atoms with Gasteiger partial charge in [-0.15, -0.1) is 0 Å². The monoisotopic (exact) mass is 451 g/mol. The standard InChI is InChI=1S/C18H12ClFN3O6P/c19-10-4-14(30(25,26)27)11(20)3-8(10)6-23-16-9-1-2-13-17(29-7-28-13)15(9)21-5-12(16)22-18(23)24/h1-5H,6-7H2,(H,22,24)(H2,25,26,27). The first-order valence-electron chi connectivity index (χ1n) is 8.58. The van der Waals surface area contributed by atoms with Gasteiger partial charge in [-0.1, -0.05) is 11.6 Å². The van der Waals surface area contributed by atoms with Crippen molar-refractivity contribution < 1.29 is 28.2 Å². The zero-order valence-corrected chi connectivity index (χ0v) is 16.6. The minimum Gasteiger partial charge on any atom is -0.454 e. The Kier molecular flexibility index (Phi) is 4.16. The molecule has 0 amide bonds. The van der Waals surface area contributed by atoms with Crippen LogP contribution in [0.4, 0.5) is 4.39 Å². The Morgan fingerprint density at radius 3 is 2.87 bits per heavy atom. The first-order chi connectivity index (χ1) is 14.2. The van der Waals surface area contributed by atoms with Gasteiger partial charge in [0.25, 0.3) is 0 Å². The summed E-state index contributed by atoms with van der Waals surface area (Å²) < 4.78 is 37.9. The van der Waals surface area contributed by atoms with E-state index in [0.717, 1.165) is 12.1 Å². The molecule has 0 atom stereocenters. The molecule has 12 heteroatoms. The Balaban J connectivity index is 1.71. The van der Waals surface area contributed by atoms with Crippen molar-refractivity contribution in [2.24, 2.45) is 0 Å². The quantitative estimate of drug-likeness (QED) is 0.408. The van der Waals surface area contributed by atoms with Gasteiger partial charge in [0.15, 0.2) is 11.5 Å². The first-order valence-corrected chi connectivity index (χ1v) is 10.6. The third-order valence-corrected chi connectivity index (χ3v) is 6.18. The highest BCUT2D eigenvalue weighted by atomic mass is 35.5. The fourth-order valence-electron chi connectivity index (χ4n) is 3.52. The Hall–Kier alpha value is -2.91. The second kappa shape index (κ2) is 6.55. The molecule has 0 fully saturated rings. The molecule has 3 heterocycles. The van der Waals surface area contributed by atoms with Gasteiger partial charge in [-0.25, -0.2) is 14.2 Å². The lowest BCUT2D eigenvalue weighted by atomic mass is 10.1. The van der Waals surface area contributed by atoms with E-state index in [4.69, 9.17) is 21.1 Å². The second-order valence-electron chi connectivity index (χ2n) is 6.67. The molecule has 30 heavy (non-hydrogen) atoms. The normalized spacial score (nSPS) is 13.5. The fraction of sp³-hybridized carbons (Fsp3) is 0.111. The predicted octanol–water partition coefficient (Wildman–Crippen LogP) is 2.25. The maximum absolute atomic E-state index is 14.3. The van der Waals surface area contributed by atoms with Gasteiger partial charge in [-0.05, 0) is 29.8 Å². The molecule has 9 nitrogen and oxygen atoms in total. The number of hydrogen-bond acceptors (Lipinski definition) is 5. The Morgan fingerprint density at radius 1 is 1.30 bits per heavy atom. The molecular formula is C18H12ClFN3O6P. The van der Waals surface area contributed by atoms with E-state index in [1.165, 1.54) is 10.8 Å². The van der Waals surface area contributed by atoms with Crippen molar-refractivity contribution in [1.29, 1.82) is 0 Å². The van der Waals surface area contributed by atoms with Crippen molar-refractivity contribution in [3.63, 3.8) is 0 Å². The summed E-state index contributed by atoms with van der Waals surface area (Å²) in [5.41, 5.74) is 1.15. The second-order valence-corrected chi connectivity index (χ2v) is 8.65. The van der Waals surface area contributed by atoms with E-state index in [9.17, 15) is 23.5 Å². The smallest absolute Gasteiger partial charge is 0.359 e. The molecule has 0 aliphatic carbocycles. The maximum Gasteiger partial charge on any atom is 0.359 e. The number of pyridine rings is 1. The number of nitrogens with zero attached hydrogens (tertiary/aromatic N) is 2. The molecule has 0 radical (unpaired) electrons. The van der Waals surface area contributed by atoms with E-state index >= 15 is 0 Å². The first kappa shape index (κ1) is 19.1. The van der Waals surface area contributed by atoms with E-state index in [1.54, 1.807) is 12.1 Å². The van der Waals surface area contributed by atoms with Crippen LogP contribution >= 0.6 is 19.2 Å². The topological polar surface area (TPSA) is 127 Å². The third kappa shape index (κ3) is 2.88. The average molecular weight is 452 g/mol. The molecule has 154 valence electrons. The molecule has 2 aromatic carbocycles. The number of hydrogen-bond donors (Lipinski definition) is 3. The third-order valence-electron chi connectivity index (χ3n) is 4.86. The Bertz CT molecular complexity index is 1460. The number of imidazole rings is 1. The molecule has 4 aromatic rings. The van der Waals surface area contributed by atoms with Crippen LogP contribution in [0.25, 0.3) is 21.9 Å². The molecule has 0 unspecified atom stereocenters. The highest BCUT2D eigenvalue weighted by Crippen LogP contribution is 2.40. The lowest BCUT2D eigenvalue weighted by molar-refractivity contribution is 0.174. The number of benzene rings is 2. The van der Waals surface area contributed by atoms with Crippen molar-refractivity contribution in [1.82, 2.24) is 14.5 Å². The van der Waals surface area contributed by atoms with E-state index in [2.05, 4.69) is 9.97 Å². The summed E-state index contributed by atoms with van der Waals surface area (Å²) in [6.45, 7) is -0.0709. The number of aromatic amines is 1. The van der Waals surface area contributed by atoms with Crippen LogP contribution < -0.4 is 20.5 Å². The van der Waals surface area contributed by atoms with Gasteiger partial charge in [-0.3, -0.25) is 9.13 Å². The largest absolute Gasteiger partial charge is 0.454 e. The van der Waals surface area contributed by atoms with Crippen LogP contribution in [0.2, 0.25) is 5.02 Å². The number of aromatic nitrogens is 3. The highest BCUT2D eigenvalue weighted by Gasteiger charge is 2.25. The minimum atomic E-state index is -4.83.